The Morgan fingerprint density at radius 2 is 1.96 bits per heavy atom. The molecule has 0 aliphatic carbocycles. The number of rotatable bonds is 2. The Morgan fingerprint density at radius 1 is 1.29 bits per heavy atom. The van der Waals surface area contributed by atoms with Crippen molar-refractivity contribution in [1.82, 2.24) is 20.4 Å². The molecule has 1 aliphatic heterocycles. The van der Waals surface area contributed by atoms with Crippen molar-refractivity contribution >= 4 is 17.9 Å². The zero-order valence-electron chi connectivity index (χ0n) is 14.1. The zero-order chi connectivity index (χ0) is 17.7. The van der Waals surface area contributed by atoms with Gasteiger partial charge in [-0.25, -0.2) is 14.7 Å². The fourth-order valence-electron chi connectivity index (χ4n) is 2.28. The molecule has 9 heteroatoms. The van der Waals surface area contributed by atoms with Crippen molar-refractivity contribution in [3.63, 3.8) is 0 Å². The fourth-order valence-corrected chi connectivity index (χ4v) is 2.28. The Bertz CT molecular complexity index is 624. The van der Waals surface area contributed by atoms with Crippen molar-refractivity contribution in [2.24, 2.45) is 0 Å². The average Bonchev–Trinajstić information content (AvgIpc) is 2.48. The molecular weight excluding hydrogens is 314 g/mol. The van der Waals surface area contributed by atoms with Crippen LogP contribution in [-0.4, -0.2) is 52.0 Å². The highest BCUT2D eigenvalue weighted by atomic mass is 16.6. The first-order valence-electron chi connectivity index (χ1n) is 7.84. The van der Waals surface area contributed by atoms with Crippen LogP contribution in [-0.2, 0) is 4.74 Å². The van der Waals surface area contributed by atoms with Crippen LogP contribution in [0.15, 0.2) is 16.9 Å². The number of carbonyl (C=O) groups excluding carboxylic acids is 2. The van der Waals surface area contributed by atoms with E-state index >= 15 is 0 Å². The van der Waals surface area contributed by atoms with Crippen molar-refractivity contribution in [2.45, 2.75) is 45.3 Å². The molecule has 0 bridgehead atoms. The maximum atomic E-state index is 12.0. The molecule has 1 aliphatic rings. The number of likely N-dealkylation sites (tertiary alicyclic amines) is 1. The van der Waals surface area contributed by atoms with Gasteiger partial charge in [-0.1, -0.05) is 0 Å². The summed E-state index contributed by atoms with van der Waals surface area (Å²) in [6, 6.07) is 2.27. The number of ether oxygens (including phenoxy) is 1. The Kier molecular flexibility index (Phi) is 5.42. The molecule has 1 aromatic heterocycles. The second kappa shape index (κ2) is 7.33. The van der Waals surface area contributed by atoms with E-state index in [1.54, 1.807) is 4.90 Å². The summed E-state index contributed by atoms with van der Waals surface area (Å²) in [4.78, 5) is 36.4. The second-order valence-corrected chi connectivity index (χ2v) is 6.65. The van der Waals surface area contributed by atoms with E-state index in [0.717, 1.165) is 0 Å². The number of hydrogen-bond donors (Lipinski definition) is 3. The minimum atomic E-state index is -0.518. The van der Waals surface area contributed by atoms with Crippen LogP contribution in [0.4, 0.5) is 15.4 Å². The van der Waals surface area contributed by atoms with E-state index in [-0.39, 0.29) is 23.5 Å². The lowest BCUT2D eigenvalue weighted by molar-refractivity contribution is 0.0202. The van der Waals surface area contributed by atoms with Crippen LogP contribution in [0.1, 0.15) is 33.6 Å². The summed E-state index contributed by atoms with van der Waals surface area (Å²) in [7, 11) is 0. The molecule has 132 valence electrons. The minimum Gasteiger partial charge on any atom is -0.444 e. The van der Waals surface area contributed by atoms with Gasteiger partial charge in [0.25, 0.3) is 5.56 Å². The molecule has 3 amide bonds. The SMILES string of the molecule is CC(C)(C)OC(=O)N1CCC(NC(=O)Nc2ccc(=O)[nH]n2)CC1. The fraction of sp³-hybridized carbons (Fsp3) is 0.600. The predicted octanol–water partition coefficient (Wildman–Crippen LogP) is 1.29. The third-order valence-electron chi connectivity index (χ3n) is 3.40. The maximum Gasteiger partial charge on any atom is 0.410 e. The van der Waals surface area contributed by atoms with Crippen LogP contribution in [0.2, 0.25) is 0 Å². The summed E-state index contributed by atoms with van der Waals surface area (Å²) in [6.45, 7) is 6.53. The average molecular weight is 337 g/mol. The second-order valence-electron chi connectivity index (χ2n) is 6.65. The van der Waals surface area contributed by atoms with Crippen molar-refractivity contribution in [1.29, 1.82) is 0 Å². The van der Waals surface area contributed by atoms with E-state index < -0.39 is 11.6 Å². The van der Waals surface area contributed by atoms with E-state index in [4.69, 9.17) is 4.74 Å². The lowest BCUT2D eigenvalue weighted by Gasteiger charge is -2.33. The maximum absolute atomic E-state index is 12.0. The number of urea groups is 1. The largest absolute Gasteiger partial charge is 0.444 e. The van der Waals surface area contributed by atoms with Gasteiger partial charge in [-0.2, -0.15) is 5.10 Å². The number of anilines is 1. The van der Waals surface area contributed by atoms with Gasteiger partial charge < -0.3 is 15.0 Å². The normalized spacial score (nSPS) is 15.7. The molecule has 2 rings (SSSR count). The lowest BCUT2D eigenvalue weighted by Crippen LogP contribution is -2.48. The molecule has 3 N–H and O–H groups in total. The molecule has 0 unspecified atom stereocenters. The Balaban J connectivity index is 1.76. The van der Waals surface area contributed by atoms with Gasteiger partial charge >= 0.3 is 12.1 Å². The zero-order valence-corrected chi connectivity index (χ0v) is 14.1. The number of nitrogens with zero attached hydrogens (tertiary/aromatic N) is 2. The van der Waals surface area contributed by atoms with E-state index in [1.165, 1.54) is 12.1 Å². The van der Waals surface area contributed by atoms with Crippen LogP contribution in [0.3, 0.4) is 0 Å². The van der Waals surface area contributed by atoms with Gasteiger partial charge in [0.2, 0.25) is 0 Å². The smallest absolute Gasteiger partial charge is 0.410 e. The number of aromatic amines is 1. The van der Waals surface area contributed by atoms with E-state index in [2.05, 4.69) is 20.8 Å². The van der Waals surface area contributed by atoms with Crippen molar-refractivity contribution in [3.05, 3.63) is 22.5 Å². The number of H-pyrrole nitrogens is 1. The van der Waals surface area contributed by atoms with E-state index in [0.29, 0.717) is 25.9 Å². The summed E-state index contributed by atoms with van der Waals surface area (Å²) < 4.78 is 5.33. The van der Waals surface area contributed by atoms with Crippen LogP contribution in [0.25, 0.3) is 0 Å². The molecule has 0 radical (unpaired) electrons. The third-order valence-corrected chi connectivity index (χ3v) is 3.40. The van der Waals surface area contributed by atoms with E-state index in [1.807, 2.05) is 20.8 Å². The highest BCUT2D eigenvalue weighted by molar-refractivity contribution is 5.88. The minimum absolute atomic E-state index is 0.0357. The van der Waals surface area contributed by atoms with Crippen molar-refractivity contribution in [3.8, 4) is 0 Å². The molecule has 9 nitrogen and oxygen atoms in total. The van der Waals surface area contributed by atoms with Crippen LogP contribution in [0, 0.1) is 0 Å². The molecule has 1 saturated heterocycles. The van der Waals surface area contributed by atoms with Crippen molar-refractivity contribution < 1.29 is 14.3 Å². The monoisotopic (exact) mass is 337 g/mol. The van der Waals surface area contributed by atoms with Gasteiger partial charge in [0.1, 0.15) is 5.60 Å². The molecule has 2 heterocycles. The number of hydrogen-bond acceptors (Lipinski definition) is 5. The molecule has 0 saturated carbocycles. The number of piperidine rings is 1. The molecule has 24 heavy (non-hydrogen) atoms. The molecule has 0 spiro atoms. The summed E-state index contributed by atoms with van der Waals surface area (Å²) in [5.74, 6) is 0.262. The van der Waals surface area contributed by atoms with Crippen LogP contribution >= 0.6 is 0 Å². The van der Waals surface area contributed by atoms with Crippen molar-refractivity contribution in [2.75, 3.05) is 18.4 Å². The lowest BCUT2D eigenvalue weighted by atomic mass is 10.1. The number of nitrogens with one attached hydrogen (secondary N) is 3. The summed E-state index contributed by atoms with van der Waals surface area (Å²) >= 11 is 0. The van der Waals surface area contributed by atoms with Gasteiger partial charge in [-0.3, -0.25) is 10.1 Å². The Labute approximate surface area is 139 Å². The Morgan fingerprint density at radius 3 is 2.50 bits per heavy atom. The van der Waals surface area contributed by atoms with Gasteiger partial charge in [0.05, 0.1) is 0 Å². The van der Waals surface area contributed by atoms with Crippen LogP contribution in [0.5, 0.6) is 0 Å². The van der Waals surface area contributed by atoms with Gasteiger partial charge in [-0.15, -0.1) is 0 Å². The standard InChI is InChI=1S/C15H23N5O4/c1-15(2,3)24-14(23)20-8-6-10(7-9-20)16-13(22)17-11-4-5-12(21)19-18-11/h4-5,10H,6-9H2,1-3H3,(H,19,21)(H2,16,17,18,22). The highest BCUT2D eigenvalue weighted by Crippen LogP contribution is 2.15. The van der Waals surface area contributed by atoms with Gasteiger partial charge in [-0.05, 0) is 39.7 Å². The molecule has 0 atom stereocenters. The first kappa shape index (κ1) is 17.8. The van der Waals surface area contributed by atoms with Gasteiger partial charge in [0.15, 0.2) is 5.82 Å². The Hall–Kier alpha value is -2.58. The first-order chi connectivity index (χ1) is 11.2. The molecule has 0 aromatic carbocycles. The predicted molar refractivity (Wildman–Crippen MR) is 87.8 cm³/mol. The highest BCUT2D eigenvalue weighted by Gasteiger charge is 2.27. The topological polar surface area (TPSA) is 116 Å². The quantitative estimate of drug-likeness (QED) is 0.752. The van der Waals surface area contributed by atoms with Gasteiger partial charge in [0, 0.05) is 25.2 Å². The number of carbonyl (C=O) groups is 2. The molecular formula is C15H23N5O4. The summed E-state index contributed by atoms with van der Waals surface area (Å²) in [5.41, 5.74) is -0.856. The summed E-state index contributed by atoms with van der Waals surface area (Å²) in [5, 5.41) is 11.3. The molecule has 1 fully saturated rings. The van der Waals surface area contributed by atoms with Crippen LogP contribution < -0.4 is 16.2 Å². The molecule has 1 aromatic rings. The number of aromatic nitrogens is 2. The van der Waals surface area contributed by atoms with E-state index in [9.17, 15) is 14.4 Å². The first-order valence-corrected chi connectivity index (χ1v) is 7.84. The number of amides is 3. The third kappa shape index (κ3) is 5.56. The summed E-state index contributed by atoms with van der Waals surface area (Å²) in [6.07, 6.45) is 0.958.